The molecule has 6 nitrogen and oxygen atoms in total. The summed E-state index contributed by atoms with van der Waals surface area (Å²) in [7, 11) is 4.81. The van der Waals surface area contributed by atoms with Crippen molar-refractivity contribution in [2.75, 3.05) is 21.3 Å². The molecule has 0 aliphatic rings. The van der Waals surface area contributed by atoms with Gasteiger partial charge in [-0.05, 0) is 37.3 Å². The Labute approximate surface area is 155 Å². The van der Waals surface area contributed by atoms with Gasteiger partial charge in [0.15, 0.2) is 4.80 Å². The van der Waals surface area contributed by atoms with E-state index >= 15 is 0 Å². The van der Waals surface area contributed by atoms with Gasteiger partial charge in [-0.15, -0.1) is 0 Å². The summed E-state index contributed by atoms with van der Waals surface area (Å²) in [6.07, 6.45) is 0. The summed E-state index contributed by atoms with van der Waals surface area (Å²) >= 11 is 1.40. The van der Waals surface area contributed by atoms with Gasteiger partial charge in [-0.1, -0.05) is 17.4 Å². The molecule has 0 bridgehead atoms. The van der Waals surface area contributed by atoms with Crippen LogP contribution < -0.4 is 19.0 Å². The predicted molar refractivity (Wildman–Crippen MR) is 101 cm³/mol. The predicted octanol–water partition coefficient (Wildman–Crippen LogP) is 3.49. The lowest BCUT2D eigenvalue weighted by atomic mass is 10.2. The molecule has 0 radical (unpaired) electrons. The molecule has 0 aliphatic carbocycles. The van der Waals surface area contributed by atoms with Crippen LogP contribution in [0.1, 0.15) is 17.3 Å². The molecule has 0 spiro atoms. The Morgan fingerprint density at radius 3 is 2.46 bits per heavy atom. The summed E-state index contributed by atoms with van der Waals surface area (Å²) in [5.74, 6) is 1.74. The first-order chi connectivity index (χ1) is 12.6. The van der Waals surface area contributed by atoms with Crippen molar-refractivity contribution in [2.24, 2.45) is 4.99 Å². The summed E-state index contributed by atoms with van der Waals surface area (Å²) in [5, 5.41) is 0. The van der Waals surface area contributed by atoms with E-state index in [1.165, 1.54) is 11.3 Å². The molecule has 0 fully saturated rings. The zero-order valence-corrected chi connectivity index (χ0v) is 15.9. The van der Waals surface area contributed by atoms with Gasteiger partial charge in [-0.25, -0.2) is 0 Å². The van der Waals surface area contributed by atoms with Crippen molar-refractivity contribution in [3.8, 4) is 17.2 Å². The Morgan fingerprint density at radius 2 is 1.81 bits per heavy atom. The second-order valence-electron chi connectivity index (χ2n) is 5.43. The van der Waals surface area contributed by atoms with E-state index in [2.05, 4.69) is 4.99 Å². The van der Waals surface area contributed by atoms with Gasteiger partial charge in [-0.3, -0.25) is 4.79 Å². The number of rotatable bonds is 5. The number of carbonyl (C=O) groups excluding carboxylic acids is 1. The smallest absolute Gasteiger partial charge is 0.279 e. The lowest BCUT2D eigenvalue weighted by molar-refractivity contribution is 0.0997. The van der Waals surface area contributed by atoms with Gasteiger partial charge in [-0.2, -0.15) is 4.99 Å². The Bertz CT molecular complexity index is 1020. The van der Waals surface area contributed by atoms with Crippen LogP contribution in [-0.4, -0.2) is 31.8 Å². The Morgan fingerprint density at radius 1 is 1.08 bits per heavy atom. The monoisotopic (exact) mass is 372 g/mol. The Hall–Kier alpha value is -2.80. The van der Waals surface area contributed by atoms with Crippen molar-refractivity contribution in [3.63, 3.8) is 0 Å². The van der Waals surface area contributed by atoms with Crippen molar-refractivity contribution in [1.82, 2.24) is 4.57 Å². The van der Waals surface area contributed by atoms with E-state index in [0.717, 1.165) is 16.0 Å². The molecule has 2 aromatic carbocycles. The first kappa shape index (κ1) is 18.0. The molecule has 0 unspecified atom stereocenters. The highest BCUT2D eigenvalue weighted by Gasteiger charge is 2.16. The summed E-state index contributed by atoms with van der Waals surface area (Å²) < 4.78 is 19.0. The maximum Gasteiger partial charge on any atom is 0.279 e. The summed E-state index contributed by atoms with van der Waals surface area (Å²) in [6.45, 7) is 2.65. The number of amides is 1. The molecule has 1 heterocycles. The van der Waals surface area contributed by atoms with E-state index in [0.29, 0.717) is 28.4 Å². The highest BCUT2D eigenvalue weighted by molar-refractivity contribution is 7.16. The molecule has 0 aliphatic heterocycles. The first-order valence-corrected chi connectivity index (χ1v) is 8.92. The molecule has 3 rings (SSSR count). The number of hydrogen-bond donors (Lipinski definition) is 0. The first-order valence-electron chi connectivity index (χ1n) is 8.10. The number of aromatic nitrogens is 1. The average Bonchev–Trinajstić information content (AvgIpc) is 3.05. The summed E-state index contributed by atoms with van der Waals surface area (Å²) in [4.78, 5) is 17.6. The van der Waals surface area contributed by atoms with Gasteiger partial charge in [0.2, 0.25) is 0 Å². The van der Waals surface area contributed by atoms with E-state index in [-0.39, 0.29) is 5.91 Å². The normalized spacial score (nSPS) is 11.6. The molecule has 136 valence electrons. The van der Waals surface area contributed by atoms with E-state index in [1.807, 2.05) is 23.6 Å². The van der Waals surface area contributed by atoms with E-state index in [9.17, 15) is 4.79 Å². The van der Waals surface area contributed by atoms with Crippen molar-refractivity contribution in [1.29, 1.82) is 0 Å². The van der Waals surface area contributed by atoms with Crippen LogP contribution in [-0.2, 0) is 6.54 Å². The maximum absolute atomic E-state index is 12.6. The van der Waals surface area contributed by atoms with Crippen LogP contribution in [0, 0.1) is 0 Å². The van der Waals surface area contributed by atoms with Gasteiger partial charge >= 0.3 is 0 Å². The molecule has 0 saturated carbocycles. The van der Waals surface area contributed by atoms with Gasteiger partial charge in [0.25, 0.3) is 5.91 Å². The van der Waals surface area contributed by atoms with E-state index in [1.54, 1.807) is 45.6 Å². The van der Waals surface area contributed by atoms with Crippen molar-refractivity contribution < 1.29 is 19.0 Å². The van der Waals surface area contributed by atoms with E-state index in [4.69, 9.17) is 14.2 Å². The fourth-order valence-electron chi connectivity index (χ4n) is 2.74. The summed E-state index contributed by atoms with van der Waals surface area (Å²) in [6, 6.07) is 10.7. The SMILES string of the molecule is CCn1c(=NC(=O)c2cccc(OC)c2)sc2c(OC)ccc(OC)c21. The van der Waals surface area contributed by atoms with Crippen LogP contribution in [0.5, 0.6) is 17.2 Å². The lowest BCUT2D eigenvalue weighted by Crippen LogP contribution is -2.16. The fraction of sp³-hybridized carbons (Fsp3) is 0.263. The molecular weight excluding hydrogens is 352 g/mol. The Kier molecular flexibility index (Phi) is 5.27. The minimum Gasteiger partial charge on any atom is -0.497 e. The molecule has 0 N–H and O–H groups in total. The number of carbonyl (C=O) groups is 1. The number of hydrogen-bond acceptors (Lipinski definition) is 5. The molecule has 1 amide bonds. The van der Waals surface area contributed by atoms with Crippen molar-refractivity contribution >= 4 is 27.5 Å². The number of ether oxygens (including phenoxy) is 3. The largest absolute Gasteiger partial charge is 0.497 e. The number of thiazole rings is 1. The van der Waals surface area contributed by atoms with Crippen molar-refractivity contribution in [3.05, 3.63) is 46.8 Å². The quantitative estimate of drug-likeness (QED) is 0.688. The molecule has 0 atom stereocenters. The van der Waals surface area contributed by atoms with Crippen molar-refractivity contribution in [2.45, 2.75) is 13.5 Å². The third-order valence-corrected chi connectivity index (χ3v) is 5.12. The molecule has 26 heavy (non-hydrogen) atoms. The van der Waals surface area contributed by atoms with Gasteiger partial charge in [0.05, 0.1) is 21.3 Å². The third-order valence-electron chi connectivity index (χ3n) is 4.02. The zero-order valence-electron chi connectivity index (χ0n) is 15.1. The van der Waals surface area contributed by atoms with Crippen LogP contribution in [0.2, 0.25) is 0 Å². The van der Waals surface area contributed by atoms with E-state index < -0.39 is 0 Å². The van der Waals surface area contributed by atoms with Crippen LogP contribution in [0.25, 0.3) is 10.2 Å². The van der Waals surface area contributed by atoms with Crippen LogP contribution >= 0.6 is 11.3 Å². The third kappa shape index (κ3) is 3.17. The summed E-state index contributed by atoms with van der Waals surface area (Å²) in [5.41, 5.74) is 1.35. The highest BCUT2D eigenvalue weighted by atomic mass is 32.1. The number of methoxy groups -OCH3 is 3. The van der Waals surface area contributed by atoms with Crippen LogP contribution in [0.15, 0.2) is 41.4 Å². The minimum absolute atomic E-state index is 0.324. The second kappa shape index (κ2) is 7.61. The number of aryl methyl sites for hydroxylation is 1. The molecule has 3 aromatic rings. The van der Waals surface area contributed by atoms with Crippen LogP contribution in [0.4, 0.5) is 0 Å². The molecular formula is C19H20N2O4S. The molecule has 1 aromatic heterocycles. The van der Waals surface area contributed by atoms with Gasteiger partial charge in [0, 0.05) is 12.1 Å². The van der Waals surface area contributed by atoms with Gasteiger partial charge in [0.1, 0.15) is 27.5 Å². The fourth-order valence-corrected chi connectivity index (χ4v) is 3.94. The standard InChI is InChI=1S/C19H20N2O4S/c1-5-21-16-14(24-3)9-10-15(25-4)17(16)26-19(21)20-18(22)12-7-6-8-13(11-12)23-2/h6-11H,5H2,1-4H3. The van der Waals surface area contributed by atoms with Gasteiger partial charge < -0.3 is 18.8 Å². The molecule has 0 saturated heterocycles. The molecule has 7 heteroatoms. The minimum atomic E-state index is -0.324. The topological polar surface area (TPSA) is 62.1 Å². The average molecular weight is 372 g/mol. The van der Waals surface area contributed by atoms with Crippen LogP contribution in [0.3, 0.4) is 0 Å². The highest BCUT2D eigenvalue weighted by Crippen LogP contribution is 2.35. The second-order valence-corrected chi connectivity index (χ2v) is 6.40. The Balaban J connectivity index is 2.20. The zero-order chi connectivity index (χ0) is 18.7. The lowest BCUT2D eigenvalue weighted by Gasteiger charge is -2.08. The number of fused-ring (bicyclic) bond motifs is 1. The number of nitrogens with zero attached hydrogens (tertiary/aromatic N) is 2. The number of benzene rings is 2. The maximum atomic E-state index is 12.6.